The second kappa shape index (κ2) is 22.0. The van der Waals surface area contributed by atoms with E-state index in [2.05, 4.69) is 10.6 Å². The summed E-state index contributed by atoms with van der Waals surface area (Å²) in [7, 11) is 0. The molecule has 0 bridgehead atoms. The molecule has 0 spiro atoms. The van der Waals surface area contributed by atoms with E-state index in [4.69, 9.17) is 52.5 Å². The fourth-order valence-electron chi connectivity index (χ4n) is 6.39. The van der Waals surface area contributed by atoms with Gasteiger partial charge in [-0.25, -0.2) is 19.2 Å². The molecule has 0 aliphatic carbocycles. The first-order chi connectivity index (χ1) is 31.1. The topological polar surface area (TPSA) is 151 Å². The summed E-state index contributed by atoms with van der Waals surface area (Å²) in [5, 5.41) is 6.94. The molecule has 0 amide bonds. The number of aryl methyl sites for hydroxylation is 1. The molecule has 1 fully saturated rings. The van der Waals surface area contributed by atoms with Crippen LogP contribution in [0.4, 0.5) is 11.4 Å². The maximum Gasteiger partial charge on any atom is 0.338 e. The van der Waals surface area contributed by atoms with Crippen molar-refractivity contribution >= 4 is 81.1 Å². The highest BCUT2D eigenvalue weighted by atomic mass is 35.5. The standard InChI is InChI=1S/C49H40ClN3O9S2/c1-31-25-27-37(28-26-31)51-48(63)53-49(52-38-24-14-23-36(50)29-38)64-47-42(62-46(57)35-21-12-5-13-22-35)41(61-45(56)34-19-10-4-11-20-34)40(60-44(55)33-17-8-3-9-18-33)39(59-47)30-58-43(54)32-15-6-2-7-16-32/h2-29,39-42,47H,30H2,1H3,(H2,51,52,53,63)/t39-,40-,41+,42-,47?/m1/s1. The number of ether oxygens (including phenoxy) is 5. The number of esters is 4. The molecule has 1 saturated heterocycles. The summed E-state index contributed by atoms with van der Waals surface area (Å²) in [6.45, 7) is 1.46. The Kier molecular flexibility index (Phi) is 15.5. The minimum Gasteiger partial charge on any atom is -0.459 e. The number of anilines is 2. The van der Waals surface area contributed by atoms with Gasteiger partial charge >= 0.3 is 23.9 Å². The van der Waals surface area contributed by atoms with E-state index < -0.39 is 60.3 Å². The molecule has 6 aromatic rings. The van der Waals surface area contributed by atoms with Crippen molar-refractivity contribution in [2.24, 2.45) is 4.99 Å². The van der Waals surface area contributed by atoms with Gasteiger partial charge in [-0.2, -0.15) is 4.99 Å². The Morgan fingerprint density at radius 3 is 1.59 bits per heavy atom. The molecule has 0 saturated carbocycles. The van der Waals surface area contributed by atoms with E-state index in [0.717, 1.165) is 17.3 Å². The number of amidine groups is 1. The molecule has 1 aliphatic heterocycles. The molecular formula is C49H40ClN3O9S2. The Bertz CT molecular complexity index is 2590. The van der Waals surface area contributed by atoms with Crippen LogP contribution in [0.25, 0.3) is 0 Å². The third kappa shape index (κ3) is 12.4. The van der Waals surface area contributed by atoms with Gasteiger partial charge in [0.15, 0.2) is 34.0 Å². The Hall–Kier alpha value is -6.84. The van der Waals surface area contributed by atoms with Gasteiger partial charge in [0.05, 0.1) is 22.3 Å². The van der Waals surface area contributed by atoms with Crippen molar-refractivity contribution in [2.75, 3.05) is 17.2 Å². The zero-order chi connectivity index (χ0) is 44.8. The molecule has 1 heterocycles. The quantitative estimate of drug-likeness (QED) is 0.0395. The molecule has 324 valence electrons. The van der Waals surface area contributed by atoms with Gasteiger partial charge in [-0.15, -0.1) is 0 Å². The summed E-state index contributed by atoms with van der Waals surface area (Å²) in [5.41, 5.74) is 1.66. The maximum absolute atomic E-state index is 14.1. The summed E-state index contributed by atoms with van der Waals surface area (Å²) in [6, 6.07) is 47.1. The predicted molar refractivity (Wildman–Crippen MR) is 250 cm³/mol. The van der Waals surface area contributed by atoms with Crippen LogP contribution in [-0.2, 0) is 23.7 Å². The summed E-state index contributed by atoms with van der Waals surface area (Å²) >= 11 is 13.0. The summed E-state index contributed by atoms with van der Waals surface area (Å²) in [5.74, 6) is -3.15. The van der Waals surface area contributed by atoms with E-state index in [9.17, 15) is 19.2 Å². The van der Waals surface area contributed by atoms with Crippen LogP contribution in [-0.4, -0.2) is 70.6 Å². The lowest BCUT2D eigenvalue weighted by atomic mass is 9.98. The van der Waals surface area contributed by atoms with E-state index in [-0.39, 0.29) is 32.5 Å². The third-order valence-corrected chi connectivity index (χ3v) is 11.0. The third-order valence-electron chi connectivity index (χ3n) is 9.55. The van der Waals surface area contributed by atoms with Gasteiger partial charge < -0.3 is 34.3 Å². The van der Waals surface area contributed by atoms with Crippen molar-refractivity contribution in [2.45, 2.75) is 36.8 Å². The highest BCUT2D eigenvalue weighted by Gasteiger charge is 2.54. The number of rotatable bonds is 12. The van der Waals surface area contributed by atoms with Crippen LogP contribution in [0.3, 0.4) is 0 Å². The average Bonchev–Trinajstić information content (AvgIpc) is 3.31. The number of benzene rings is 6. The minimum atomic E-state index is -1.58. The van der Waals surface area contributed by atoms with E-state index in [1.54, 1.807) is 146 Å². The molecule has 5 atom stereocenters. The summed E-state index contributed by atoms with van der Waals surface area (Å²) in [6.07, 6.45) is -5.96. The molecule has 1 aliphatic rings. The van der Waals surface area contributed by atoms with Gasteiger partial charge in [0.2, 0.25) is 0 Å². The van der Waals surface area contributed by atoms with Gasteiger partial charge in [-0.1, -0.05) is 120 Å². The molecule has 12 nitrogen and oxygen atoms in total. The Morgan fingerprint density at radius 2 is 1.08 bits per heavy atom. The van der Waals surface area contributed by atoms with Crippen LogP contribution in [0.2, 0.25) is 5.02 Å². The molecular weight excluding hydrogens is 874 g/mol. The molecule has 0 radical (unpaired) electrons. The fourth-order valence-corrected chi connectivity index (χ4v) is 7.93. The first kappa shape index (κ1) is 45.2. The largest absolute Gasteiger partial charge is 0.459 e. The smallest absolute Gasteiger partial charge is 0.338 e. The van der Waals surface area contributed by atoms with Gasteiger partial charge in [-0.3, -0.25) is 0 Å². The van der Waals surface area contributed by atoms with Gasteiger partial charge in [-0.05, 0) is 98.0 Å². The lowest BCUT2D eigenvalue weighted by Crippen LogP contribution is -2.62. The van der Waals surface area contributed by atoms with Crippen LogP contribution < -0.4 is 10.6 Å². The number of nitrogens with one attached hydrogen (secondary N) is 2. The van der Waals surface area contributed by atoms with Crippen molar-refractivity contribution in [1.29, 1.82) is 0 Å². The SMILES string of the molecule is Cc1ccc(NC(=S)/N=C(\Nc2cccc(Cl)c2)SC2O[C@H](COC(=O)c3ccccc3)[C@@H](OC(=O)c3ccccc3)[C@H](OC(=O)c3ccccc3)[C@H]2OC(=O)c2ccccc2)cc1. The number of hydrogen-bond acceptors (Lipinski definition) is 11. The lowest BCUT2D eigenvalue weighted by Gasteiger charge is -2.44. The van der Waals surface area contributed by atoms with Crippen LogP contribution in [0.1, 0.15) is 47.0 Å². The summed E-state index contributed by atoms with van der Waals surface area (Å²) in [4.78, 5) is 60.3. The molecule has 6 aromatic carbocycles. The first-order valence-electron chi connectivity index (χ1n) is 19.9. The maximum atomic E-state index is 14.1. The monoisotopic (exact) mass is 913 g/mol. The zero-order valence-corrected chi connectivity index (χ0v) is 36.5. The van der Waals surface area contributed by atoms with E-state index in [1.165, 1.54) is 0 Å². The minimum absolute atomic E-state index is 0.0459. The average molecular weight is 914 g/mol. The Labute approximate surface area is 383 Å². The van der Waals surface area contributed by atoms with E-state index >= 15 is 0 Å². The van der Waals surface area contributed by atoms with Gasteiger partial charge in [0, 0.05) is 16.4 Å². The fraction of sp³-hybridized carbons (Fsp3) is 0.143. The van der Waals surface area contributed by atoms with Crippen molar-refractivity contribution in [3.63, 3.8) is 0 Å². The predicted octanol–water partition coefficient (Wildman–Crippen LogP) is 9.81. The number of thiocarbonyl (C=S) groups is 1. The summed E-state index contributed by atoms with van der Waals surface area (Å²) < 4.78 is 31.2. The van der Waals surface area contributed by atoms with Crippen molar-refractivity contribution in [1.82, 2.24) is 0 Å². The van der Waals surface area contributed by atoms with Gasteiger partial charge in [0.1, 0.15) is 12.7 Å². The number of carbonyl (C=O) groups is 4. The van der Waals surface area contributed by atoms with E-state index in [0.29, 0.717) is 16.4 Å². The first-order valence-corrected chi connectivity index (χ1v) is 21.6. The zero-order valence-electron chi connectivity index (χ0n) is 34.1. The second-order valence-corrected chi connectivity index (χ2v) is 16.1. The second-order valence-electron chi connectivity index (χ2n) is 14.2. The molecule has 7 rings (SSSR count). The van der Waals surface area contributed by atoms with Crippen molar-refractivity contribution in [3.05, 3.63) is 203 Å². The number of hydrogen-bond donors (Lipinski definition) is 2. The van der Waals surface area contributed by atoms with E-state index in [1.807, 2.05) is 31.2 Å². The molecule has 15 heteroatoms. The number of thioether (sulfide) groups is 1. The number of nitrogens with zero attached hydrogens (tertiary/aromatic N) is 1. The number of aliphatic imine (C=N–C) groups is 1. The number of carbonyl (C=O) groups excluding carboxylic acids is 4. The van der Waals surface area contributed by atoms with Crippen LogP contribution >= 0.6 is 35.6 Å². The highest BCUT2D eigenvalue weighted by molar-refractivity contribution is 8.14. The van der Waals surface area contributed by atoms with Crippen molar-refractivity contribution < 1.29 is 42.9 Å². The van der Waals surface area contributed by atoms with Crippen LogP contribution in [0.15, 0.2) is 175 Å². The lowest BCUT2D eigenvalue weighted by molar-refractivity contribution is -0.207. The normalized spacial score (nSPS) is 18.2. The van der Waals surface area contributed by atoms with Crippen molar-refractivity contribution in [3.8, 4) is 0 Å². The molecule has 0 aromatic heterocycles. The Morgan fingerprint density at radius 1 is 0.594 bits per heavy atom. The Balaban J connectivity index is 1.33. The highest BCUT2D eigenvalue weighted by Crippen LogP contribution is 2.37. The van der Waals surface area contributed by atoms with Gasteiger partial charge in [0.25, 0.3) is 0 Å². The van der Waals surface area contributed by atoms with Crippen LogP contribution in [0.5, 0.6) is 0 Å². The van der Waals surface area contributed by atoms with Crippen LogP contribution in [0, 0.1) is 6.92 Å². The number of halogens is 1. The molecule has 1 unspecified atom stereocenters. The molecule has 2 N–H and O–H groups in total. The molecule has 64 heavy (non-hydrogen) atoms.